The normalized spacial score (nSPS) is 29.5. The maximum Gasteiger partial charge on any atom is 0.198 e. The molecule has 0 bridgehead atoms. The predicted octanol–water partition coefficient (Wildman–Crippen LogP) is 5.14. The molecule has 1 aromatic carbocycles. The van der Waals surface area contributed by atoms with Crippen LogP contribution in [0.4, 0.5) is 5.69 Å². The first-order chi connectivity index (χ1) is 10.2. The van der Waals surface area contributed by atoms with Gasteiger partial charge in [0.15, 0.2) is 11.5 Å². The molecule has 2 aliphatic rings. The molecule has 1 heterocycles. The van der Waals surface area contributed by atoms with Crippen LogP contribution in [0.1, 0.15) is 56.8 Å². The fourth-order valence-corrected chi connectivity index (χ4v) is 4.41. The van der Waals surface area contributed by atoms with Gasteiger partial charge in [-0.25, -0.2) is 4.98 Å². The van der Waals surface area contributed by atoms with Crippen molar-refractivity contribution < 1.29 is 4.42 Å². The summed E-state index contributed by atoms with van der Waals surface area (Å²) in [6.45, 7) is 0. The minimum atomic E-state index is 0.469. The van der Waals surface area contributed by atoms with Crippen LogP contribution in [0, 0.1) is 11.8 Å². The number of nitrogens with two attached hydrogens (primary N) is 1. The van der Waals surface area contributed by atoms with Crippen molar-refractivity contribution in [3.63, 3.8) is 0 Å². The summed E-state index contributed by atoms with van der Waals surface area (Å²) < 4.78 is 5.97. The van der Waals surface area contributed by atoms with E-state index >= 15 is 0 Å². The number of hydrogen-bond donors (Lipinski definition) is 1. The zero-order valence-corrected chi connectivity index (χ0v) is 12.9. The average Bonchev–Trinajstić information content (AvgIpc) is 2.90. The summed E-state index contributed by atoms with van der Waals surface area (Å²) >= 11 is 6.07. The van der Waals surface area contributed by atoms with Crippen LogP contribution in [-0.2, 0) is 0 Å². The first-order valence-electron chi connectivity index (χ1n) is 8.06. The lowest BCUT2D eigenvalue weighted by Gasteiger charge is -2.38. The topological polar surface area (TPSA) is 52.0 Å². The van der Waals surface area contributed by atoms with Gasteiger partial charge in [0.2, 0.25) is 0 Å². The highest BCUT2D eigenvalue weighted by molar-refractivity contribution is 6.33. The Balaban J connectivity index is 1.61. The fraction of sp³-hybridized carbons (Fsp3) is 0.588. The van der Waals surface area contributed by atoms with Gasteiger partial charge in [0.25, 0.3) is 0 Å². The van der Waals surface area contributed by atoms with E-state index in [1.54, 1.807) is 6.07 Å². The zero-order chi connectivity index (χ0) is 14.4. The van der Waals surface area contributed by atoms with Crippen LogP contribution >= 0.6 is 11.6 Å². The molecular weight excluding hydrogens is 284 g/mol. The summed E-state index contributed by atoms with van der Waals surface area (Å²) in [5.41, 5.74) is 7.99. The molecule has 4 heteroatoms. The van der Waals surface area contributed by atoms with E-state index in [4.69, 9.17) is 21.8 Å². The van der Waals surface area contributed by atoms with E-state index in [0.717, 1.165) is 28.8 Å². The molecule has 0 radical (unpaired) electrons. The number of halogens is 1. The number of anilines is 1. The summed E-state index contributed by atoms with van der Waals surface area (Å²) in [6, 6.07) is 3.60. The van der Waals surface area contributed by atoms with Gasteiger partial charge in [0.1, 0.15) is 5.52 Å². The SMILES string of the molecule is Nc1cc2oc(C3CCC4CCCCC4C3)nc2cc1Cl. The predicted molar refractivity (Wildman–Crippen MR) is 85.5 cm³/mol. The Labute approximate surface area is 129 Å². The number of fused-ring (bicyclic) bond motifs is 2. The molecule has 0 amide bonds. The lowest BCUT2D eigenvalue weighted by Crippen LogP contribution is -2.26. The molecule has 4 rings (SSSR count). The van der Waals surface area contributed by atoms with E-state index in [-0.39, 0.29) is 0 Å². The van der Waals surface area contributed by atoms with Crippen LogP contribution in [0.5, 0.6) is 0 Å². The highest BCUT2D eigenvalue weighted by atomic mass is 35.5. The number of rotatable bonds is 1. The second-order valence-corrected chi connectivity index (χ2v) is 7.12. The number of benzene rings is 1. The van der Waals surface area contributed by atoms with Crippen molar-refractivity contribution in [2.75, 3.05) is 5.73 Å². The van der Waals surface area contributed by atoms with Crippen LogP contribution in [0.2, 0.25) is 5.02 Å². The summed E-state index contributed by atoms with van der Waals surface area (Å²) in [5, 5.41) is 0.554. The van der Waals surface area contributed by atoms with Gasteiger partial charge in [-0.15, -0.1) is 0 Å². The fourth-order valence-electron chi connectivity index (χ4n) is 4.25. The minimum absolute atomic E-state index is 0.469. The van der Waals surface area contributed by atoms with Gasteiger partial charge in [0.05, 0.1) is 10.7 Å². The Bertz CT molecular complexity index is 627. The molecule has 1 aromatic heterocycles. The summed E-state index contributed by atoms with van der Waals surface area (Å²) in [6.07, 6.45) is 9.41. The van der Waals surface area contributed by atoms with Gasteiger partial charge in [-0.05, 0) is 37.2 Å². The van der Waals surface area contributed by atoms with Crippen LogP contribution in [0.15, 0.2) is 16.5 Å². The molecule has 112 valence electrons. The molecule has 2 aromatic rings. The molecule has 2 aliphatic carbocycles. The van der Waals surface area contributed by atoms with Crippen LogP contribution in [-0.4, -0.2) is 4.98 Å². The third-order valence-corrected chi connectivity index (χ3v) is 5.74. The van der Waals surface area contributed by atoms with E-state index in [1.165, 1.54) is 44.9 Å². The van der Waals surface area contributed by atoms with Crippen molar-refractivity contribution in [2.45, 2.75) is 50.9 Å². The average molecular weight is 305 g/mol. The molecule has 3 unspecified atom stereocenters. The molecule has 2 N–H and O–H groups in total. The van der Waals surface area contributed by atoms with Gasteiger partial charge in [0, 0.05) is 12.0 Å². The van der Waals surface area contributed by atoms with E-state index in [9.17, 15) is 0 Å². The largest absolute Gasteiger partial charge is 0.440 e. The van der Waals surface area contributed by atoms with Crippen molar-refractivity contribution in [3.8, 4) is 0 Å². The number of aromatic nitrogens is 1. The molecule has 0 aliphatic heterocycles. The van der Waals surface area contributed by atoms with E-state index in [0.29, 0.717) is 16.6 Å². The maximum atomic E-state index is 6.07. The van der Waals surface area contributed by atoms with E-state index in [1.807, 2.05) is 6.07 Å². The lowest BCUT2D eigenvalue weighted by molar-refractivity contribution is 0.147. The number of nitrogen functional groups attached to an aromatic ring is 1. The quantitative estimate of drug-likeness (QED) is 0.742. The molecule has 0 saturated heterocycles. The number of nitrogens with zero attached hydrogens (tertiary/aromatic N) is 1. The first-order valence-corrected chi connectivity index (χ1v) is 8.44. The Morgan fingerprint density at radius 3 is 2.76 bits per heavy atom. The molecule has 2 saturated carbocycles. The van der Waals surface area contributed by atoms with Crippen LogP contribution in [0.3, 0.4) is 0 Å². The Hall–Kier alpha value is -1.22. The third kappa shape index (κ3) is 2.42. The van der Waals surface area contributed by atoms with Crippen LogP contribution < -0.4 is 5.73 Å². The zero-order valence-electron chi connectivity index (χ0n) is 12.1. The van der Waals surface area contributed by atoms with E-state index < -0.39 is 0 Å². The monoisotopic (exact) mass is 304 g/mol. The second-order valence-electron chi connectivity index (χ2n) is 6.71. The number of oxazole rings is 1. The Kier molecular flexibility index (Phi) is 3.33. The lowest BCUT2D eigenvalue weighted by atomic mass is 9.67. The highest BCUT2D eigenvalue weighted by Gasteiger charge is 2.34. The molecule has 0 spiro atoms. The van der Waals surface area contributed by atoms with Crippen molar-refractivity contribution in [3.05, 3.63) is 23.0 Å². The Morgan fingerprint density at radius 2 is 1.90 bits per heavy atom. The van der Waals surface area contributed by atoms with Crippen molar-refractivity contribution in [1.29, 1.82) is 0 Å². The third-order valence-electron chi connectivity index (χ3n) is 5.41. The van der Waals surface area contributed by atoms with Gasteiger partial charge in [-0.2, -0.15) is 0 Å². The molecule has 3 nitrogen and oxygen atoms in total. The molecular formula is C17H21ClN2O. The molecule has 3 atom stereocenters. The summed E-state index contributed by atoms with van der Waals surface area (Å²) in [4.78, 5) is 4.67. The van der Waals surface area contributed by atoms with Crippen molar-refractivity contribution in [1.82, 2.24) is 4.98 Å². The van der Waals surface area contributed by atoms with Gasteiger partial charge < -0.3 is 10.2 Å². The maximum absolute atomic E-state index is 6.07. The molecule has 21 heavy (non-hydrogen) atoms. The van der Waals surface area contributed by atoms with Gasteiger partial charge in [-0.3, -0.25) is 0 Å². The van der Waals surface area contributed by atoms with Crippen molar-refractivity contribution >= 4 is 28.4 Å². The highest BCUT2D eigenvalue weighted by Crippen LogP contribution is 2.46. The van der Waals surface area contributed by atoms with Gasteiger partial charge >= 0.3 is 0 Å². The first kappa shape index (κ1) is 13.4. The van der Waals surface area contributed by atoms with Crippen LogP contribution in [0.25, 0.3) is 11.1 Å². The number of hydrogen-bond acceptors (Lipinski definition) is 3. The smallest absolute Gasteiger partial charge is 0.198 e. The molecule has 2 fully saturated rings. The van der Waals surface area contributed by atoms with E-state index in [2.05, 4.69) is 4.98 Å². The summed E-state index contributed by atoms with van der Waals surface area (Å²) in [7, 11) is 0. The summed E-state index contributed by atoms with van der Waals surface area (Å²) in [5.74, 6) is 3.18. The second kappa shape index (κ2) is 5.20. The minimum Gasteiger partial charge on any atom is -0.440 e. The van der Waals surface area contributed by atoms with Crippen molar-refractivity contribution in [2.24, 2.45) is 11.8 Å². The Morgan fingerprint density at radius 1 is 1.10 bits per heavy atom. The standard InChI is InChI=1S/C17H21ClN2O/c18-13-8-15-16(9-14(13)19)21-17(20-15)12-6-5-10-3-1-2-4-11(10)7-12/h8-12H,1-7,19H2. The van der Waals surface area contributed by atoms with Gasteiger partial charge in [-0.1, -0.05) is 37.3 Å².